The molecule has 3 N–H and O–H groups in total. The summed E-state index contributed by atoms with van der Waals surface area (Å²) >= 11 is 0. The van der Waals surface area contributed by atoms with Crippen molar-refractivity contribution in [1.82, 2.24) is 5.43 Å². The highest BCUT2D eigenvalue weighted by Gasteiger charge is 2.20. The second kappa shape index (κ2) is 4.99. The minimum absolute atomic E-state index is 0.400. The number of amides is 2. The zero-order chi connectivity index (χ0) is 12.3. The standard InChI is InChI=1S/C13H17N3O/c1-9(15-16-13(14)17)11-7-6-10-4-2-3-5-12(10)8-11/h2-5,11H,6-8H2,1H3,(H3,14,16,17). The molecule has 17 heavy (non-hydrogen) atoms. The number of hydrogen-bond donors (Lipinski definition) is 2. The molecule has 0 fully saturated rings. The van der Waals surface area contributed by atoms with Gasteiger partial charge >= 0.3 is 6.03 Å². The van der Waals surface area contributed by atoms with Crippen molar-refractivity contribution in [3.05, 3.63) is 35.4 Å². The van der Waals surface area contributed by atoms with Gasteiger partial charge in [0, 0.05) is 11.6 Å². The molecule has 0 aromatic heterocycles. The van der Waals surface area contributed by atoms with Crippen LogP contribution in [-0.4, -0.2) is 11.7 Å². The van der Waals surface area contributed by atoms with E-state index in [1.54, 1.807) is 0 Å². The van der Waals surface area contributed by atoms with Crippen LogP contribution in [0.3, 0.4) is 0 Å². The molecule has 1 aliphatic rings. The van der Waals surface area contributed by atoms with Crippen molar-refractivity contribution in [2.24, 2.45) is 16.8 Å². The largest absolute Gasteiger partial charge is 0.350 e. The third-order valence-corrected chi connectivity index (χ3v) is 3.28. The van der Waals surface area contributed by atoms with Crippen LogP contribution in [0.15, 0.2) is 29.4 Å². The number of fused-ring (bicyclic) bond motifs is 1. The van der Waals surface area contributed by atoms with Gasteiger partial charge in [-0.25, -0.2) is 10.2 Å². The fourth-order valence-electron chi connectivity index (χ4n) is 2.29. The summed E-state index contributed by atoms with van der Waals surface area (Å²) in [6, 6.07) is 7.88. The molecular weight excluding hydrogens is 214 g/mol. The molecule has 0 saturated heterocycles. The lowest BCUT2D eigenvalue weighted by atomic mass is 9.82. The molecule has 1 atom stereocenters. The summed E-state index contributed by atoms with van der Waals surface area (Å²) in [5.41, 5.74) is 11.0. The lowest BCUT2D eigenvalue weighted by molar-refractivity contribution is 0.249. The van der Waals surface area contributed by atoms with E-state index < -0.39 is 6.03 Å². The zero-order valence-electron chi connectivity index (χ0n) is 9.94. The summed E-state index contributed by atoms with van der Waals surface area (Å²) in [5, 5.41) is 4.01. The first-order valence-electron chi connectivity index (χ1n) is 5.83. The van der Waals surface area contributed by atoms with Crippen LogP contribution in [0.1, 0.15) is 24.5 Å². The van der Waals surface area contributed by atoms with Gasteiger partial charge in [0.15, 0.2) is 0 Å². The number of aryl methyl sites for hydroxylation is 1. The molecule has 0 radical (unpaired) electrons. The Kier molecular flexibility index (Phi) is 3.42. The number of rotatable bonds is 2. The number of nitrogens with two attached hydrogens (primary N) is 1. The van der Waals surface area contributed by atoms with Crippen molar-refractivity contribution >= 4 is 11.7 Å². The number of benzene rings is 1. The van der Waals surface area contributed by atoms with E-state index in [1.165, 1.54) is 11.1 Å². The fraction of sp³-hybridized carbons (Fsp3) is 0.385. The Labute approximate surface area is 101 Å². The van der Waals surface area contributed by atoms with Crippen LogP contribution in [0.4, 0.5) is 4.79 Å². The molecule has 2 amide bonds. The van der Waals surface area contributed by atoms with E-state index in [2.05, 4.69) is 34.8 Å². The van der Waals surface area contributed by atoms with Gasteiger partial charge in [-0.2, -0.15) is 5.10 Å². The average Bonchev–Trinajstić information content (AvgIpc) is 2.35. The Hall–Kier alpha value is -1.84. The van der Waals surface area contributed by atoms with Crippen LogP contribution in [0, 0.1) is 5.92 Å². The van der Waals surface area contributed by atoms with Gasteiger partial charge in [-0.05, 0) is 37.3 Å². The van der Waals surface area contributed by atoms with Crippen LogP contribution < -0.4 is 11.2 Å². The van der Waals surface area contributed by atoms with Crippen LogP contribution in [0.2, 0.25) is 0 Å². The van der Waals surface area contributed by atoms with Gasteiger partial charge in [-0.3, -0.25) is 0 Å². The van der Waals surface area contributed by atoms with E-state index in [0.29, 0.717) is 5.92 Å². The molecule has 1 aliphatic carbocycles. The summed E-state index contributed by atoms with van der Waals surface area (Å²) in [6.07, 6.45) is 3.14. The van der Waals surface area contributed by atoms with Gasteiger partial charge in [-0.1, -0.05) is 24.3 Å². The highest BCUT2D eigenvalue weighted by molar-refractivity contribution is 5.86. The lowest BCUT2D eigenvalue weighted by Crippen LogP contribution is -2.28. The van der Waals surface area contributed by atoms with Crippen molar-refractivity contribution in [1.29, 1.82) is 0 Å². The molecule has 1 aromatic carbocycles. The quantitative estimate of drug-likeness (QED) is 0.592. The second-order valence-corrected chi connectivity index (χ2v) is 4.44. The first kappa shape index (κ1) is 11.6. The van der Waals surface area contributed by atoms with Gasteiger partial charge < -0.3 is 5.73 Å². The average molecular weight is 231 g/mol. The molecule has 1 aromatic rings. The maximum Gasteiger partial charge on any atom is 0.332 e. The Balaban J connectivity index is 2.07. The van der Waals surface area contributed by atoms with Gasteiger partial charge in [0.05, 0.1) is 0 Å². The Morgan fingerprint density at radius 3 is 2.82 bits per heavy atom. The van der Waals surface area contributed by atoms with Gasteiger partial charge in [-0.15, -0.1) is 0 Å². The number of hydrazone groups is 1. The minimum atomic E-state index is -0.611. The minimum Gasteiger partial charge on any atom is -0.350 e. The van der Waals surface area contributed by atoms with Gasteiger partial charge in [0.25, 0.3) is 0 Å². The zero-order valence-corrected chi connectivity index (χ0v) is 9.94. The summed E-state index contributed by atoms with van der Waals surface area (Å²) in [4.78, 5) is 10.6. The van der Waals surface area contributed by atoms with E-state index in [-0.39, 0.29) is 0 Å². The molecule has 0 aliphatic heterocycles. The van der Waals surface area contributed by atoms with Crippen LogP contribution >= 0.6 is 0 Å². The van der Waals surface area contributed by atoms with E-state index in [4.69, 9.17) is 5.73 Å². The second-order valence-electron chi connectivity index (χ2n) is 4.44. The third-order valence-electron chi connectivity index (χ3n) is 3.28. The summed E-state index contributed by atoms with van der Waals surface area (Å²) < 4.78 is 0. The number of carbonyl (C=O) groups is 1. The van der Waals surface area contributed by atoms with Gasteiger partial charge in [0.2, 0.25) is 0 Å². The number of primary amides is 1. The van der Waals surface area contributed by atoms with E-state index in [1.807, 2.05) is 6.92 Å². The maximum absolute atomic E-state index is 10.6. The molecule has 4 heteroatoms. The normalized spacial score (nSPS) is 19.6. The predicted octanol–water partition coefficient (Wildman–Crippen LogP) is 1.84. The Bertz CT molecular complexity index is 454. The van der Waals surface area contributed by atoms with Crippen LogP contribution in [0.25, 0.3) is 0 Å². The summed E-state index contributed by atoms with van der Waals surface area (Å²) in [7, 11) is 0. The lowest BCUT2D eigenvalue weighted by Gasteiger charge is -2.24. The highest BCUT2D eigenvalue weighted by atomic mass is 16.2. The highest BCUT2D eigenvalue weighted by Crippen LogP contribution is 2.26. The number of nitrogens with zero attached hydrogens (tertiary/aromatic N) is 1. The van der Waals surface area contributed by atoms with Crippen LogP contribution in [0.5, 0.6) is 0 Å². The molecular formula is C13H17N3O. The number of carbonyl (C=O) groups excluding carboxylic acids is 1. The van der Waals surface area contributed by atoms with Gasteiger partial charge in [0.1, 0.15) is 0 Å². The van der Waals surface area contributed by atoms with Crippen molar-refractivity contribution in [3.8, 4) is 0 Å². The first-order chi connectivity index (χ1) is 8.16. The van der Waals surface area contributed by atoms with Crippen molar-refractivity contribution < 1.29 is 4.79 Å². The number of urea groups is 1. The van der Waals surface area contributed by atoms with E-state index in [0.717, 1.165) is 25.0 Å². The molecule has 4 nitrogen and oxygen atoms in total. The fourth-order valence-corrected chi connectivity index (χ4v) is 2.29. The maximum atomic E-state index is 10.6. The van der Waals surface area contributed by atoms with Crippen molar-refractivity contribution in [3.63, 3.8) is 0 Å². The Morgan fingerprint density at radius 2 is 2.12 bits per heavy atom. The molecule has 0 bridgehead atoms. The summed E-state index contributed by atoms with van der Waals surface area (Å²) in [5.74, 6) is 0.400. The smallest absolute Gasteiger partial charge is 0.332 e. The SMILES string of the molecule is CC(=NNC(N)=O)C1CCc2ccccc2C1. The number of hydrogen-bond acceptors (Lipinski definition) is 2. The molecule has 0 saturated carbocycles. The van der Waals surface area contributed by atoms with Crippen LogP contribution in [-0.2, 0) is 12.8 Å². The Morgan fingerprint density at radius 1 is 1.41 bits per heavy atom. The number of nitrogens with one attached hydrogen (secondary N) is 1. The molecule has 90 valence electrons. The third kappa shape index (κ3) is 2.84. The monoisotopic (exact) mass is 231 g/mol. The van der Waals surface area contributed by atoms with E-state index in [9.17, 15) is 4.79 Å². The topological polar surface area (TPSA) is 67.5 Å². The van der Waals surface area contributed by atoms with Crippen molar-refractivity contribution in [2.75, 3.05) is 0 Å². The first-order valence-corrected chi connectivity index (χ1v) is 5.83. The molecule has 0 spiro atoms. The van der Waals surface area contributed by atoms with Crippen molar-refractivity contribution in [2.45, 2.75) is 26.2 Å². The molecule has 2 rings (SSSR count). The molecule has 1 unspecified atom stereocenters. The molecule has 0 heterocycles. The predicted molar refractivity (Wildman–Crippen MR) is 67.8 cm³/mol. The van der Waals surface area contributed by atoms with E-state index >= 15 is 0 Å². The summed E-state index contributed by atoms with van der Waals surface area (Å²) in [6.45, 7) is 1.94.